The fraction of sp³-hybridized carbons (Fsp3) is 0.837. The molecule has 2 spiro atoms. The van der Waals surface area contributed by atoms with Gasteiger partial charge in [-0.3, -0.25) is 9.59 Å². The molecule has 9 fully saturated rings. The van der Waals surface area contributed by atoms with Gasteiger partial charge < -0.3 is 44.2 Å². The van der Waals surface area contributed by atoms with Crippen LogP contribution < -0.4 is 10.6 Å². The Morgan fingerprint density at radius 3 is 2.55 bits per heavy atom. The highest BCUT2D eigenvalue weighted by molar-refractivity contribution is 5.92. The van der Waals surface area contributed by atoms with Crippen LogP contribution in [0, 0.1) is 45.8 Å². The summed E-state index contributed by atoms with van der Waals surface area (Å²) in [5, 5.41) is 31.2. The summed E-state index contributed by atoms with van der Waals surface area (Å²) < 4.78 is 32.3. The number of esters is 2. The summed E-state index contributed by atoms with van der Waals surface area (Å²) in [5.74, 6) is -0.874. The van der Waals surface area contributed by atoms with Crippen molar-refractivity contribution in [2.75, 3.05) is 19.8 Å². The fourth-order valence-corrected chi connectivity index (χ4v) is 15.0. The quantitative estimate of drug-likeness (QED) is 0.230. The number of cyclic esters (lactones) is 2. The minimum absolute atomic E-state index is 0.0131. The van der Waals surface area contributed by atoms with E-state index < -0.39 is 69.9 Å². The van der Waals surface area contributed by atoms with Crippen LogP contribution in [-0.2, 0) is 39.8 Å². The first-order valence-corrected chi connectivity index (χ1v) is 21.5. The first kappa shape index (κ1) is 37.0. The Morgan fingerprint density at radius 2 is 1.76 bits per heavy atom. The van der Waals surface area contributed by atoms with Gasteiger partial charge in [0, 0.05) is 47.5 Å². The zero-order chi connectivity index (χ0) is 38.1. The molecule has 1 aromatic heterocycles. The molecule has 5 saturated heterocycles. The number of aliphatic hydroxyl groups is 2. The molecular weight excluding hydrogens is 704 g/mol. The molecule has 9 aliphatic rings. The smallest absolute Gasteiger partial charge is 0.339 e. The zero-order valence-corrected chi connectivity index (χ0v) is 32.7. The Labute approximate surface area is 323 Å². The third kappa shape index (κ3) is 4.93. The molecule has 302 valence electrons. The monoisotopic (exact) mass is 764 g/mol. The van der Waals surface area contributed by atoms with Crippen molar-refractivity contribution in [1.82, 2.24) is 10.6 Å². The van der Waals surface area contributed by atoms with Crippen molar-refractivity contribution in [2.45, 2.75) is 158 Å². The molecule has 0 radical (unpaired) electrons. The number of furan rings is 1. The SMILES string of the molecule is CC1(C)O[C@H]2CC(=O)OC[C@@]23[C@@H]1C(=O)[C@@H](O)[C@]1(C2CCCCC2)[C@@H]3CC[C@@]2(C)[C@H](c3ccoc3C[C@@H]3C[C@@H](CC[C@@H]4CNCN4)CC[C@H]3O)OC(=O)[C@H]3O[C@@]312. The molecule has 0 aromatic carbocycles. The Bertz CT molecular complexity index is 1720. The van der Waals surface area contributed by atoms with Crippen molar-refractivity contribution in [2.24, 2.45) is 45.8 Å². The first-order valence-electron chi connectivity index (χ1n) is 21.5. The van der Waals surface area contributed by atoms with Crippen molar-refractivity contribution in [3.63, 3.8) is 0 Å². The number of ketones is 1. The summed E-state index contributed by atoms with van der Waals surface area (Å²) in [6.07, 6.45) is 9.01. The molecule has 0 unspecified atom stereocenters. The van der Waals surface area contributed by atoms with E-state index in [1.54, 1.807) is 6.26 Å². The van der Waals surface area contributed by atoms with Gasteiger partial charge in [-0.25, -0.2) is 4.79 Å². The van der Waals surface area contributed by atoms with E-state index in [1.165, 1.54) is 0 Å². The van der Waals surface area contributed by atoms with E-state index in [9.17, 15) is 19.8 Å². The molecule has 0 bridgehead atoms. The number of fused-ring (bicyclic) bond motifs is 1. The van der Waals surface area contributed by atoms with Gasteiger partial charge in [0.1, 0.15) is 30.2 Å². The lowest BCUT2D eigenvalue weighted by Crippen LogP contribution is -2.79. The van der Waals surface area contributed by atoms with E-state index in [2.05, 4.69) is 17.6 Å². The lowest BCUT2D eigenvalue weighted by molar-refractivity contribution is -0.275. The number of rotatable bonds is 7. The van der Waals surface area contributed by atoms with E-state index in [4.69, 9.17) is 23.4 Å². The third-order valence-electron chi connectivity index (χ3n) is 17.1. The largest absolute Gasteiger partial charge is 0.469 e. The maximum atomic E-state index is 15.2. The van der Waals surface area contributed by atoms with Crippen LogP contribution in [0.5, 0.6) is 0 Å². The lowest BCUT2D eigenvalue weighted by Gasteiger charge is -2.70. The molecule has 10 rings (SSSR count). The highest BCUT2D eigenvalue weighted by Gasteiger charge is 2.92. The van der Waals surface area contributed by atoms with Gasteiger partial charge in [0.25, 0.3) is 0 Å². The molecular formula is C43H60N2O10. The number of carbonyl (C=O) groups is 3. The third-order valence-corrected chi connectivity index (χ3v) is 17.1. The van der Waals surface area contributed by atoms with Gasteiger partial charge in [0.15, 0.2) is 11.9 Å². The normalized spacial score (nSPS) is 48.9. The molecule has 6 heterocycles. The Balaban J connectivity index is 1.03. The molecule has 55 heavy (non-hydrogen) atoms. The Morgan fingerprint density at radius 1 is 0.945 bits per heavy atom. The van der Waals surface area contributed by atoms with Gasteiger partial charge in [0.05, 0.1) is 36.4 Å². The fourth-order valence-electron chi connectivity index (χ4n) is 15.0. The van der Waals surface area contributed by atoms with Crippen molar-refractivity contribution >= 4 is 17.7 Å². The van der Waals surface area contributed by atoms with Crippen molar-refractivity contribution < 1.29 is 48.0 Å². The Kier molecular flexibility index (Phi) is 8.62. The van der Waals surface area contributed by atoms with Gasteiger partial charge in [-0.1, -0.05) is 26.2 Å². The molecule has 0 amide bonds. The second kappa shape index (κ2) is 12.8. The number of nitrogens with one attached hydrogen (secondary N) is 2. The average molecular weight is 765 g/mol. The highest BCUT2D eigenvalue weighted by Crippen LogP contribution is 2.82. The topological polar surface area (TPSA) is 169 Å². The van der Waals surface area contributed by atoms with E-state index in [-0.39, 0.29) is 42.5 Å². The minimum atomic E-state index is -1.39. The number of epoxide rings is 1. The summed E-state index contributed by atoms with van der Waals surface area (Å²) in [5.41, 5.74) is -4.10. The van der Waals surface area contributed by atoms with Gasteiger partial charge in [-0.15, -0.1) is 0 Å². The van der Waals surface area contributed by atoms with Crippen molar-refractivity contribution in [1.29, 1.82) is 0 Å². The molecule has 12 nitrogen and oxygen atoms in total. The molecule has 5 aliphatic heterocycles. The summed E-state index contributed by atoms with van der Waals surface area (Å²) in [6.45, 7) is 7.87. The highest BCUT2D eigenvalue weighted by atomic mass is 16.7. The molecule has 4 aliphatic carbocycles. The van der Waals surface area contributed by atoms with Crippen LogP contribution in [0.2, 0.25) is 0 Å². The first-order chi connectivity index (χ1) is 26.4. The van der Waals surface area contributed by atoms with Crippen LogP contribution in [0.3, 0.4) is 0 Å². The van der Waals surface area contributed by atoms with E-state index in [1.807, 2.05) is 19.9 Å². The summed E-state index contributed by atoms with van der Waals surface area (Å²) in [6, 6.07) is 2.41. The maximum absolute atomic E-state index is 15.2. The second-order valence-corrected chi connectivity index (χ2v) is 19.9. The van der Waals surface area contributed by atoms with Crippen LogP contribution in [0.1, 0.15) is 122 Å². The molecule has 4 N–H and O–H groups in total. The number of Topliss-reactive ketones (excluding diaryl/α,β-unsaturated/α-hetero) is 1. The van der Waals surface area contributed by atoms with Crippen LogP contribution in [0.4, 0.5) is 0 Å². The number of carbonyl (C=O) groups excluding carboxylic acids is 3. The maximum Gasteiger partial charge on any atom is 0.339 e. The van der Waals surface area contributed by atoms with Gasteiger partial charge >= 0.3 is 11.9 Å². The lowest BCUT2D eigenvalue weighted by atomic mass is 9.33. The summed E-state index contributed by atoms with van der Waals surface area (Å²) in [7, 11) is 0. The average Bonchev–Trinajstić information content (AvgIpc) is 3.41. The Hall–Kier alpha value is -2.35. The van der Waals surface area contributed by atoms with Crippen LogP contribution in [0.15, 0.2) is 16.7 Å². The molecule has 14 atom stereocenters. The predicted molar refractivity (Wildman–Crippen MR) is 196 cm³/mol. The summed E-state index contributed by atoms with van der Waals surface area (Å²) in [4.78, 5) is 42.4. The number of hydrogen-bond donors (Lipinski definition) is 4. The molecule has 4 saturated carbocycles. The van der Waals surface area contributed by atoms with Crippen LogP contribution in [-0.4, -0.2) is 89.4 Å². The minimum Gasteiger partial charge on any atom is -0.469 e. The summed E-state index contributed by atoms with van der Waals surface area (Å²) >= 11 is 0. The standard InChI is InChI=1S/C43H60N2O10/c1-39(2)34-33(48)35(49)42(25-7-5-4-6-8-25)30(41(34)21-52-32(47)19-31(41)54-39)13-15-40(3)36(53-38(50)37-43(40,42)55-37)27-14-16-51-29(27)18-24-17-23(10-12-28(24)46)9-11-26-20-44-22-45-26/h14,16,23-26,28,30-31,34-37,44-46,49H,4-13,15,17-22H2,1-3H3/t23-,24-,26+,28+,30+,31-,34+,35+,36-,37+,40-,41-,42-,43+/m0/s1. The van der Waals surface area contributed by atoms with E-state index >= 15 is 4.79 Å². The molecule has 1 aromatic rings. The van der Waals surface area contributed by atoms with Gasteiger partial charge in [-0.05, 0) is 101 Å². The van der Waals surface area contributed by atoms with Crippen LogP contribution in [0.25, 0.3) is 0 Å². The predicted octanol–water partition coefficient (Wildman–Crippen LogP) is 4.29. The van der Waals surface area contributed by atoms with Crippen LogP contribution >= 0.6 is 0 Å². The van der Waals surface area contributed by atoms with Gasteiger partial charge in [0.2, 0.25) is 0 Å². The van der Waals surface area contributed by atoms with E-state index in [0.717, 1.165) is 88.7 Å². The number of hydrogen-bond acceptors (Lipinski definition) is 12. The van der Waals surface area contributed by atoms with Gasteiger partial charge in [-0.2, -0.15) is 0 Å². The van der Waals surface area contributed by atoms with Crippen molar-refractivity contribution in [3.8, 4) is 0 Å². The second-order valence-electron chi connectivity index (χ2n) is 19.9. The molecule has 12 heteroatoms. The number of aliphatic hydroxyl groups excluding tert-OH is 2. The zero-order valence-electron chi connectivity index (χ0n) is 32.7. The van der Waals surface area contributed by atoms with Crippen molar-refractivity contribution in [3.05, 3.63) is 23.7 Å². The van der Waals surface area contributed by atoms with E-state index in [0.29, 0.717) is 31.2 Å². The number of ether oxygens (including phenoxy) is 4.